The topological polar surface area (TPSA) is 83.6 Å². The number of hydrogen-bond acceptors (Lipinski definition) is 7. The van der Waals surface area contributed by atoms with E-state index in [1.807, 2.05) is 19.1 Å². The molecule has 45 heavy (non-hydrogen) atoms. The van der Waals surface area contributed by atoms with E-state index in [1.165, 1.54) is 0 Å². The Morgan fingerprint density at radius 3 is 2.04 bits per heavy atom. The smallest absolute Gasteiger partial charge is 0.210 e. The number of aryl methyl sites for hydroxylation is 1. The van der Waals surface area contributed by atoms with Gasteiger partial charge in [-0.25, -0.2) is 8.42 Å². The summed E-state index contributed by atoms with van der Waals surface area (Å²) >= 11 is 0. The van der Waals surface area contributed by atoms with Crippen molar-refractivity contribution in [3.63, 3.8) is 0 Å². The van der Waals surface area contributed by atoms with Crippen LogP contribution in [-0.4, -0.2) is 72.2 Å². The Bertz CT molecular complexity index is 1290. The Morgan fingerprint density at radius 1 is 0.911 bits per heavy atom. The van der Waals surface area contributed by atoms with E-state index in [4.69, 9.17) is 23.1 Å². The van der Waals surface area contributed by atoms with Crippen LogP contribution in [0.2, 0.25) is 37.8 Å². The van der Waals surface area contributed by atoms with Gasteiger partial charge in [-0.2, -0.15) is 0 Å². The van der Waals surface area contributed by atoms with Crippen LogP contribution >= 0.6 is 0 Å². The molecular formula is C35H62O7SSi2. The second-order valence-electron chi connectivity index (χ2n) is 17.2. The monoisotopic (exact) mass is 682 g/mol. The minimum Gasteiger partial charge on any atom is -0.411 e. The maximum atomic E-state index is 14.7. The van der Waals surface area contributed by atoms with Gasteiger partial charge in [0.1, 0.15) is 6.10 Å². The van der Waals surface area contributed by atoms with Gasteiger partial charge in [-0.15, -0.1) is 0 Å². The van der Waals surface area contributed by atoms with Crippen molar-refractivity contribution < 1.29 is 31.5 Å². The Balaban J connectivity index is 1.71. The Hall–Kier alpha value is -0.596. The highest BCUT2D eigenvalue weighted by molar-refractivity contribution is 7.93. The maximum Gasteiger partial charge on any atom is 0.210 e. The van der Waals surface area contributed by atoms with Crippen LogP contribution in [0, 0.1) is 18.8 Å². The molecule has 0 unspecified atom stereocenters. The van der Waals surface area contributed by atoms with E-state index in [0.717, 1.165) is 18.4 Å². The molecule has 0 aliphatic carbocycles. The van der Waals surface area contributed by atoms with Gasteiger partial charge in [0.25, 0.3) is 0 Å². The molecule has 10 atom stereocenters. The average Bonchev–Trinajstić information content (AvgIpc) is 3.57. The third kappa shape index (κ3) is 7.84. The summed E-state index contributed by atoms with van der Waals surface area (Å²) in [6.07, 6.45) is 1.01. The summed E-state index contributed by atoms with van der Waals surface area (Å²) in [6, 6.07) is 7.13. The minimum absolute atomic E-state index is 0.0176. The molecule has 7 nitrogen and oxygen atoms in total. The molecule has 0 radical (unpaired) electrons. The van der Waals surface area contributed by atoms with Gasteiger partial charge in [0.2, 0.25) is 14.8 Å². The van der Waals surface area contributed by atoms with Crippen molar-refractivity contribution >= 4 is 26.5 Å². The first-order valence-corrected chi connectivity index (χ1v) is 24.9. The number of hydrogen-bond donors (Lipinski definition) is 0. The number of rotatable bonds is 10. The number of benzene rings is 1. The van der Waals surface area contributed by atoms with Crippen LogP contribution < -0.4 is 0 Å². The van der Waals surface area contributed by atoms with Gasteiger partial charge in [0, 0.05) is 12.8 Å². The maximum absolute atomic E-state index is 14.7. The number of epoxide rings is 1. The highest BCUT2D eigenvalue weighted by Crippen LogP contribution is 2.55. The van der Waals surface area contributed by atoms with Gasteiger partial charge in [-0.05, 0) is 102 Å². The van der Waals surface area contributed by atoms with Gasteiger partial charge < -0.3 is 23.1 Å². The minimum atomic E-state index is -3.90. The fraction of sp³-hybridized carbons (Fsp3) is 0.829. The molecule has 0 bridgehead atoms. The molecule has 0 N–H and O–H groups in total. The van der Waals surface area contributed by atoms with Crippen molar-refractivity contribution in [1.82, 2.24) is 0 Å². The van der Waals surface area contributed by atoms with E-state index >= 15 is 0 Å². The van der Waals surface area contributed by atoms with Crippen molar-refractivity contribution in [3.05, 3.63) is 29.8 Å². The molecule has 3 fully saturated rings. The summed E-state index contributed by atoms with van der Waals surface area (Å²) in [6.45, 7) is 30.5. The molecular weight excluding hydrogens is 621 g/mol. The van der Waals surface area contributed by atoms with Crippen molar-refractivity contribution in [2.75, 3.05) is 0 Å². The van der Waals surface area contributed by atoms with Crippen LogP contribution in [0.1, 0.15) is 86.6 Å². The SMILES string of the molecule is Cc1ccc(S(=O)(=O)[C@@]2(C[C@H]3O[C@H](C)[C@@H](C)C[C@]3(C)O[Si](C)(C)C)O[C@@H]2C[C@@H]2O[C@H](C)[C@@H](C)C[C@H]2O[Si](C)(C)C(C)(C)C)cc1. The summed E-state index contributed by atoms with van der Waals surface area (Å²) in [5.41, 5.74) is 0.386. The standard InChI is InChI=1S/C35H62O7SSi2/c1-23-15-17-28(18-16-23)43(36,37)35(22-32-34(9,42-44(10,11)12)21-25(3)27(5)39-32)31(40-35)20-29-30(19-24(2)26(4)38-29)41-45(13,14)33(6,7)8/h15-18,24-27,29-32H,19-22H2,1-14H3/t24-,25-,26+,27+,29-,30+,31+,32+,34-,35+/m0/s1. The van der Waals surface area contributed by atoms with E-state index in [1.54, 1.807) is 12.1 Å². The predicted molar refractivity (Wildman–Crippen MR) is 186 cm³/mol. The first-order valence-electron chi connectivity index (χ1n) is 17.1. The molecule has 3 saturated heterocycles. The molecule has 0 amide bonds. The highest BCUT2D eigenvalue weighted by Gasteiger charge is 2.69. The van der Waals surface area contributed by atoms with Gasteiger partial charge in [-0.3, -0.25) is 0 Å². The molecule has 10 heteroatoms. The molecule has 1 aromatic carbocycles. The molecule has 0 saturated carbocycles. The lowest BCUT2D eigenvalue weighted by Crippen LogP contribution is -2.58. The summed E-state index contributed by atoms with van der Waals surface area (Å²) < 4.78 is 63.0. The molecule has 3 heterocycles. The molecule has 1 aromatic rings. The lowest BCUT2D eigenvalue weighted by molar-refractivity contribution is -0.179. The Kier molecular flexibility index (Phi) is 10.5. The zero-order chi connectivity index (χ0) is 34.0. The van der Waals surface area contributed by atoms with Gasteiger partial charge >= 0.3 is 0 Å². The fourth-order valence-electron chi connectivity index (χ4n) is 6.99. The zero-order valence-corrected chi connectivity index (χ0v) is 33.3. The average molecular weight is 683 g/mol. The largest absolute Gasteiger partial charge is 0.411 e. The third-order valence-corrected chi connectivity index (χ3v) is 19.0. The predicted octanol–water partition coefficient (Wildman–Crippen LogP) is 8.27. The molecule has 258 valence electrons. The van der Waals surface area contributed by atoms with Gasteiger partial charge in [0.15, 0.2) is 16.6 Å². The Morgan fingerprint density at radius 2 is 1.49 bits per heavy atom. The fourth-order valence-corrected chi connectivity index (χ4v) is 11.9. The third-order valence-electron chi connectivity index (χ3n) is 11.1. The van der Waals surface area contributed by atoms with Gasteiger partial charge in [0.05, 0.1) is 41.0 Å². The van der Waals surface area contributed by atoms with Crippen molar-refractivity contribution in [2.24, 2.45) is 11.8 Å². The summed E-state index contributed by atoms with van der Waals surface area (Å²) in [5.74, 6) is 0.631. The summed E-state index contributed by atoms with van der Waals surface area (Å²) in [7, 11) is -8.01. The molecule has 3 aliphatic rings. The normalized spacial score (nSPS) is 38.3. The molecule has 3 aliphatic heterocycles. The van der Waals surface area contributed by atoms with Crippen molar-refractivity contribution in [3.8, 4) is 0 Å². The lowest BCUT2D eigenvalue weighted by Gasteiger charge is -2.49. The zero-order valence-electron chi connectivity index (χ0n) is 30.5. The number of sulfone groups is 1. The van der Waals surface area contributed by atoms with Gasteiger partial charge in [-0.1, -0.05) is 52.3 Å². The van der Waals surface area contributed by atoms with Crippen molar-refractivity contribution in [1.29, 1.82) is 0 Å². The summed E-state index contributed by atoms with van der Waals surface area (Å²) in [5, 5.41) is 0.0471. The van der Waals surface area contributed by atoms with Crippen LogP contribution in [0.4, 0.5) is 0 Å². The van der Waals surface area contributed by atoms with Crippen molar-refractivity contribution in [2.45, 2.75) is 178 Å². The quantitative estimate of drug-likeness (QED) is 0.181. The number of ether oxygens (including phenoxy) is 3. The van der Waals surface area contributed by atoms with Crippen LogP contribution in [0.15, 0.2) is 29.2 Å². The van der Waals surface area contributed by atoms with E-state index in [9.17, 15) is 8.42 Å². The van der Waals surface area contributed by atoms with E-state index in [0.29, 0.717) is 12.3 Å². The molecule has 0 aromatic heterocycles. The van der Waals surface area contributed by atoms with E-state index in [-0.39, 0.29) is 46.7 Å². The van der Waals surface area contributed by atoms with E-state index < -0.39 is 49.2 Å². The second-order valence-corrected chi connectivity index (χ2v) is 28.6. The second kappa shape index (κ2) is 12.7. The van der Waals surface area contributed by atoms with Crippen LogP contribution in [0.5, 0.6) is 0 Å². The van der Waals surface area contributed by atoms with E-state index in [2.05, 4.69) is 88.1 Å². The lowest BCUT2D eigenvalue weighted by atomic mass is 9.80. The first kappa shape index (κ1) is 37.2. The van der Waals surface area contributed by atoms with Crippen LogP contribution in [-0.2, 0) is 32.9 Å². The Labute approximate surface area is 276 Å². The van der Waals surface area contributed by atoms with Crippen LogP contribution in [0.3, 0.4) is 0 Å². The van der Waals surface area contributed by atoms with Crippen LogP contribution in [0.25, 0.3) is 0 Å². The molecule has 4 rings (SSSR count). The summed E-state index contributed by atoms with van der Waals surface area (Å²) in [4.78, 5) is -1.16. The highest BCUT2D eigenvalue weighted by atomic mass is 32.2. The first-order chi connectivity index (χ1) is 20.4. The molecule has 0 spiro atoms.